The number of allylic oxidation sites excluding steroid dienone is 6. The van der Waals surface area contributed by atoms with Gasteiger partial charge in [0.05, 0.1) is 34.6 Å². The Morgan fingerprint density at radius 1 is 0.500 bits per heavy atom. The van der Waals surface area contributed by atoms with Crippen molar-refractivity contribution in [2.45, 2.75) is 6.04 Å². The molecule has 0 amide bonds. The van der Waals surface area contributed by atoms with Gasteiger partial charge in [0.25, 0.3) is 0 Å². The van der Waals surface area contributed by atoms with Crippen LogP contribution in [0, 0.1) is 0 Å². The summed E-state index contributed by atoms with van der Waals surface area (Å²) in [7, 11) is 0. The topological polar surface area (TPSA) is 84.5 Å². The second-order valence-electron chi connectivity index (χ2n) is 8.99. The lowest BCUT2D eigenvalue weighted by Gasteiger charge is -1.97. The minimum Gasteiger partial charge on any atom is -0.355 e. The Labute approximate surface area is 206 Å². The molecule has 6 heteroatoms. The molecule has 3 aromatic rings. The number of rotatable bonds is 0. The van der Waals surface area contributed by atoms with E-state index in [0.717, 1.165) is 61.3 Å². The van der Waals surface area contributed by atoms with Gasteiger partial charge in [0, 0.05) is 32.8 Å². The van der Waals surface area contributed by atoms with Crippen LogP contribution in [0.1, 0.15) is 11.4 Å². The van der Waals surface area contributed by atoms with E-state index in [9.17, 15) is 0 Å². The molecular formula is C30H22N6. The first kappa shape index (κ1) is 20.4. The first-order valence-corrected chi connectivity index (χ1v) is 11.9. The fourth-order valence-corrected chi connectivity index (χ4v) is 4.53. The Morgan fingerprint density at radius 3 is 1.75 bits per heavy atom. The van der Waals surface area contributed by atoms with Crippen molar-refractivity contribution in [1.29, 1.82) is 0 Å². The molecular weight excluding hydrogens is 444 g/mol. The lowest BCUT2D eigenvalue weighted by molar-refractivity contribution is 1.04. The van der Waals surface area contributed by atoms with E-state index in [4.69, 9.17) is 15.0 Å². The third kappa shape index (κ3) is 4.28. The second-order valence-corrected chi connectivity index (χ2v) is 8.99. The molecule has 0 fully saturated rings. The Bertz CT molecular complexity index is 1890. The summed E-state index contributed by atoms with van der Waals surface area (Å²) < 4.78 is 0. The fraction of sp³-hybridized carbons (Fsp3) is 0.0333. The first-order valence-electron chi connectivity index (χ1n) is 11.9. The lowest BCUT2D eigenvalue weighted by Crippen LogP contribution is -2.11. The Morgan fingerprint density at radius 2 is 1.08 bits per heavy atom. The minimum absolute atomic E-state index is 0.0310. The Balaban J connectivity index is 1.33. The molecule has 1 unspecified atom stereocenters. The average molecular weight is 467 g/mol. The van der Waals surface area contributed by atoms with E-state index in [1.54, 1.807) is 0 Å². The zero-order valence-electron chi connectivity index (χ0n) is 19.3. The standard InChI is InChI=1S/C30H22N6/c1-2-20-14-22-5-6-24(33-22)16-26-9-10-28(35-26)18-30-12-11-29(36-30)17-27-8-7-25(34-27)15-23-4-3-21(32-23)13-19(1)31-20/h1-19,34-36H/b21-13+,22-14-,25-15-,26-16-,27-17-,28-18-. The number of hydrogen-bond donors (Lipinski definition) is 3. The zero-order chi connectivity index (χ0) is 23.9. The minimum atomic E-state index is -0.0310. The molecule has 4 aliphatic heterocycles. The molecule has 0 saturated heterocycles. The summed E-state index contributed by atoms with van der Waals surface area (Å²) in [6, 6.07) is 12.4. The maximum absolute atomic E-state index is 4.79. The third-order valence-corrected chi connectivity index (χ3v) is 6.19. The summed E-state index contributed by atoms with van der Waals surface area (Å²) in [5, 5.41) is 4.05. The van der Waals surface area contributed by atoms with Gasteiger partial charge in [-0.05, 0) is 103 Å². The fourth-order valence-electron chi connectivity index (χ4n) is 4.53. The number of nitrogens with one attached hydrogen (secondary N) is 3. The summed E-state index contributed by atoms with van der Waals surface area (Å²) in [6.07, 6.45) is 24.6. The van der Waals surface area contributed by atoms with Crippen LogP contribution in [0.25, 0.3) is 24.3 Å². The number of aliphatic imine (C=N–C) groups is 3. The first-order chi connectivity index (χ1) is 17.7. The van der Waals surface area contributed by atoms with E-state index in [1.807, 2.05) is 48.6 Å². The van der Waals surface area contributed by atoms with Gasteiger partial charge in [0.1, 0.15) is 0 Å². The number of nitrogens with zero attached hydrogens (tertiary/aromatic N) is 3. The lowest BCUT2D eigenvalue weighted by atomic mass is 10.2. The Kier molecular flexibility index (Phi) is 4.74. The van der Waals surface area contributed by atoms with E-state index in [1.165, 1.54) is 0 Å². The van der Waals surface area contributed by atoms with Crippen LogP contribution in [0.15, 0.2) is 111 Å². The van der Waals surface area contributed by atoms with E-state index in [-0.39, 0.29) is 6.04 Å². The van der Waals surface area contributed by atoms with Crippen molar-refractivity contribution >= 4 is 41.4 Å². The molecule has 6 nitrogen and oxygen atoms in total. The van der Waals surface area contributed by atoms with E-state index in [2.05, 4.69) is 75.7 Å². The normalized spacial score (nSPS) is 26.3. The van der Waals surface area contributed by atoms with Gasteiger partial charge >= 0.3 is 0 Å². The highest BCUT2D eigenvalue weighted by Gasteiger charge is 2.11. The number of H-pyrrole nitrogens is 3. The molecule has 172 valence electrons. The largest absolute Gasteiger partial charge is 0.355 e. The van der Waals surface area contributed by atoms with Crippen molar-refractivity contribution in [3.8, 4) is 0 Å². The van der Waals surface area contributed by atoms with Crippen LogP contribution < -0.4 is 21.4 Å². The third-order valence-electron chi connectivity index (χ3n) is 6.19. The Hall–Kier alpha value is -4.97. The van der Waals surface area contributed by atoms with Gasteiger partial charge in [-0.1, -0.05) is 6.08 Å². The van der Waals surface area contributed by atoms with Crippen LogP contribution in [0.2, 0.25) is 0 Å². The molecule has 0 aliphatic carbocycles. The molecule has 0 radical (unpaired) electrons. The number of hydrogen-bond acceptors (Lipinski definition) is 3. The molecule has 1 atom stereocenters. The number of aromatic amines is 3. The highest BCUT2D eigenvalue weighted by molar-refractivity contribution is 6.20. The van der Waals surface area contributed by atoms with Gasteiger partial charge in [-0.25, -0.2) is 9.98 Å². The van der Waals surface area contributed by atoms with Crippen molar-refractivity contribution in [1.82, 2.24) is 15.0 Å². The molecule has 4 aliphatic rings. The van der Waals surface area contributed by atoms with Crippen LogP contribution in [0.4, 0.5) is 0 Å². The molecule has 3 N–H and O–H groups in total. The van der Waals surface area contributed by atoms with Gasteiger partial charge in [-0.15, -0.1) is 0 Å². The highest BCUT2D eigenvalue weighted by Crippen LogP contribution is 2.17. The van der Waals surface area contributed by atoms with Crippen LogP contribution >= 0.6 is 0 Å². The predicted octanol–water partition coefficient (Wildman–Crippen LogP) is 2.07. The average Bonchev–Trinajstić information content (AvgIpc) is 3.68. The molecule has 0 aromatic carbocycles. The monoisotopic (exact) mass is 466 g/mol. The summed E-state index contributed by atoms with van der Waals surface area (Å²) >= 11 is 0. The van der Waals surface area contributed by atoms with Crippen molar-refractivity contribution in [2.24, 2.45) is 15.0 Å². The van der Waals surface area contributed by atoms with Crippen molar-refractivity contribution in [3.63, 3.8) is 0 Å². The van der Waals surface area contributed by atoms with Crippen LogP contribution in [0.5, 0.6) is 0 Å². The van der Waals surface area contributed by atoms with E-state index < -0.39 is 0 Å². The molecule has 3 aromatic heterocycles. The van der Waals surface area contributed by atoms with E-state index in [0.29, 0.717) is 0 Å². The predicted molar refractivity (Wildman–Crippen MR) is 147 cm³/mol. The van der Waals surface area contributed by atoms with Gasteiger partial charge < -0.3 is 15.0 Å². The van der Waals surface area contributed by atoms with Crippen LogP contribution in [-0.4, -0.2) is 38.1 Å². The van der Waals surface area contributed by atoms with Crippen molar-refractivity contribution in [3.05, 3.63) is 129 Å². The molecule has 12 bridgehead atoms. The zero-order valence-corrected chi connectivity index (χ0v) is 19.3. The molecule has 7 heterocycles. The van der Waals surface area contributed by atoms with Gasteiger partial charge in [-0.3, -0.25) is 4.99 Å². The van der Waals surface area contributed by atoms with Gasteiger partial charge in [0.2, 0.25) is 0 Å². The molecule has 0 saturated carbocycles. The van der Waals surface area contributed by atoms with Crippen molar-refractivity contribution in [2.75, 3.05) is 0 Å². The van der Waals surface area contributed by atoms with Gasteiger partial charge in [0.15, 0.2) is 0 Å². The van der Waals surface area contributed by atoms with E-state index >= 15 is 0 Å². The van der Waals surface area contributed by atoms with Gasteiger partial charge in [-0.2, -0.15) is 0 Å². The highest BCUT2D eigenvalue weighted by atomic mass is 14.8. The second kappa shape index (κ2) is 8.36. The number of fused-ring (bicyclic) bond motifs is 9. The summed E-state index contributed by atoms with van der Waals surface area (Å²) in [4.78, 5) is 24.6. The van der Waals surface area contributed by atoms with Crippen LogP contribution in [0.3, 0.4) is 0 Å². The SMILES string of the molecule is C1=C/C2=C/C3=NC(C=C3)/C=C3\C=CC(=N3)/C=c3/cc/c([nH]3)=C/c3ccc([nH]3)/C=c3/cc/c([nH]3)=C/C1=N2. The molecule has 0 spiro atoms. The van der Waals surface area contributed by atoms with Crippen LogP contribution in [-0.2, 0) is 0 Å². The quantitative estimate of drug-likeness (QED) is 0.453. The summed E-state index contributed by atoms with van der Waals surface area (Å²) in [6.45, 7) is 0. The maximum atomic E-state index is 4.79. The number of aromatic nitrogens is 3. The summed E-state index contributed by atoms with van der Waals surface area (Å²) in [5.74, 6) is 0. The smallest absolute Gasteiger partial charge is 0.0895 e. The maximum Gasteiger partial charge on any atom is 0.0895 e. The van der Waals surface area contributed by atoms with Crippen molar-refractivity contribution < 1.29 is 0 Å². The summed E-state index contributed by atoms with van der Waals surface area (Å²) in [5.41, 5.74) is 6.58. The molecule has 7 rings (SSSR count). The molecule has 36 heavy (non-hydrogen) atoms.